The highest BCUT2D eigenvalue weighted by molar-refractivity contribution is 5.65. The summed E-state index contributed by atoms with van der Waals surface area (Å²) >= 11 is 0. The first-order chi connectivity index (χ1) is 15.4. The smallest absolute Gasteiger partial charge is 0.223 e. The second-order valence-corrected chi connectivity index (χ2v) is 8.36. The van der Waals surface area contributed by atoms with Crippen LogP contribution in [0.2, 0.25) is 0 Å². The molecule has 0 spiro atoms. The molecule has 32 heavy (non-hydrogen) atoms. The van der Waals surface area contributed by atoms with Gasteiger partial charge in [0.1, 0.15) is 17.5 Å². The van der Waals surface area contributed by atoms with Gasteiger partial charge in [0.2, 0.25) is 5.95 Å². The van der Waals surface area contributed by atoms with Crippen LogP contribution in [0.25, 0.3) is 16.9 Å². The minimum atomic E-state index is -0.577. The van der Waals surface area contributed by atoms with Gasteiger partial charge in [-0.1, -0.05) is 13.8 Å². The fraction of sp³-hybridized carbons (Fsp3) is 0.364. The number of hydrogen-bond acceptors (Lipinski definition) is 6. The van der Waals surface area contributed by atoms with E-state index in [9.17, 15) is 8.78 Å². The molecule has 1 aliphatic rings. The number of fused-ring (bicyclic) bond motifs is 2. The average Bonchev–Trinajstić information content (AvgIpc) is 3.37. The van der Waals surface area contributed by atoms with E-state index in [1.54, 1.807) is 6.07 Å². The highest BCUT2D eigenvalue weighted by atomic mass is 19.1. The van der Waals surface area contributed by atoms with E-state index < -0.39 is 11.6 Å². The van der Waals surface area contributed by atoms with Crippen LogP contribution in [-0.4, -0.2) is 47.1 Å². The Bertz CT molecular complexity index is 1290. The Hall–Kier alpha value is -3.40. The summed E-state index contributed by atoms with van der Waals surface area (Å²) in [6.45, 7) is 7.79. The monoisotopic (exact) mass is 438 g/mol. The van der Waals surface area contributed by atoms with E-state index in [0.29, 0.717) is 23.8 Å². The van der Waals surface area contributed by atoms with Crippen LogP contribution in [0.15, 0.2) is 30.5 Å². The summed E-state index contributed by atoms with van der Waals surface area (Å²) in [6, 6.07) is 4.79. The Morgan fingerprint density at radius 3 is 2.78 bits per heavy atom. The molecule has 166 valence electrons. The zero-order valence-corrected chi connectivity index (χ0v) is 18.0. The lowest BCUT2D eigenvalue weighted by molar-refractivity contribution is 0.220. The van der Waals surface area contributed by atoms with E-state index in [0.717, 1.165) is 50.2 Å². The third-order valence-electron chi connectivity index (χ3n) is 5.76. The number of nitrogen functional groups attached to an aromatic ring is 1. The molecular weight excluding hydrogens is 414 g/mol. The molecule has 3 aromatic heterocycles. The summed E-state index contributed by atoms with van der Waals surface area (Å²) in [5.74, 6) is 1.11. The fourth-order valence-corrected chi connectivity index (χ4v) is 4.16. The molecule has 0 amide bonds. The number of benzene rings is 1. The minimum absolute atomic E-state index is 0.0365. The molecule has 0 aliphatic carbocycles. The van der Waals surface area contributed by atoms with Gasteiger partial charge in [0, 0.05) is 56.3 Å². The van der Waals surface area contributed by atoms with Crippen molar-refractivity contribution in [3.63, 3.8) is 0 Å². The molecule has 4 aromatic rings. The zero-order valence-electron chi connectivity index (χ0n) is 18.0. The van der Waals surface area contributed by atoms with Crippen LogP contribution < -0.4 is 5.73 Å². The minimum Gasteiger partial charge on any atom is -0.368 e. The number of halogens is 2. The molecule has 8 nitrogen and oxygen atoms in total. The molecule has 0 radical (unpaired) electrons. The maximum Gasteiger partial charge on any atom is 0.223 e. The van der Waals surface area contributed by atoms with E-state index in [2.05, 4.69) is 43.4 Å². The van der Waals surface area contributed by atoms with E-state index in [1.165, 1.54) is 10.2 Å². The Labute approximate surface area is 183 Å². The van der Waals surface area contributed by atoms with Gasteiger partial charge in [0.25, 0.3) is 0 Å². The summed E-state index contributed by atoms with van der Waals surface area (Å²) in [7, 11) is 0. The second-order valence-electron chi connectivity index (χ2n) is 8.36. The summed E-state index contributed by atoms with van der Waals surface area (Å²) in [5.41, 5.74) is 7.95. The summed E-state index contributed by atoms with van der Waals surface area (Å²) in [4.78, 5) is 15.6. The topological polar surface area (TPSA) is 90.2 Å². The van der Waals surface area contributed by atoms with E-state index in [-0.39, 0.29) is 17.2 Å². The lowest BCUT2D eigenvalue weighted by Gasteiger charge is -2.29. The quantitative estimate of drug-likeness (QED) is 0.515. The Kier molecular flexibility index (Phi) is 5.09. The standard InChI is InChI=1S/C22H24F2N8/c1-13(2)21-26-11-15-12-30(7-8-31(15)21)6-5-19-28-20-10-18(27-22(25)32(20)29-19)16-9-14(23)3-4-17(16)24/h3-4,9-11,13H,5-8,12H2,1-2H3,(H2,25,27). The molecule has 0 bridgehead atoms. The van der Waals surface area contributed by atoms with E-state index in [1.807, 2.05) is 6.20 Å². The van der Waals surface area contributed by atoms with Gasteiger partial charge in [0.05, 0.1) is 11.4 Å². The van der Waals surface area contributed by atoms with Crippen molar-refractivity contribution in [1.29, 1.82) is 0 Å². The first-order valence-electron chi connectivity index (χ1n) is 10.6. The third-order valence-corrected chi connectivity index (χ3v) is 5.76. The highest BCUT2D eigenvalue weighted by Crippen LogP contribution is 2.24. The molecule has 0 unspecified atom stereocenters. The average molecular weight is 438 g/mol. The summed E-state index contributed by atoms with van der Waals surface area (Å²) in [6.07, 6.45) is 2.60. The van der Waals surface area contributed by atoms with Gasteiger partial charge < -0.3 is 10.3 Å². The molecule has 0 saturated carbocycles. The third kappa shape index (κ3) is 3.70. The number of rotatable bonds is 5. The van der Waals surface area contributed by atoms with Crippen molar-refractivity contribution in [1.82, 2.24) is 34.0 Å². The molecule has 2 N–H and O–H groups in total. The number of nitrogens with zero attached hydrogens (tertiary/aromatic N) is 7. The second kappa shape index (κ2) is 7.94. The van der Waals surface area contributed by atoms with Gasteiger partial charge in [-0.2, -0.15) is 4.52 Å². The van der Waals surface area contributed by atoms with Crippen molar-refractivity contribution in [3.8, 4) is 11.3 Å². The maximum atomic E-state index is 14.2. The lowest BCUT2D eigenvalue weighted by Crippen LogP contribution is -2.35. The van der Waals surface area contributed by atoms with Crippen molar-refractivity contribution in [2.75, 3.05) is 18.8 Å². The molecule has 1 aromatic carbocycles. The molecule has 4 heterocycles. The van der Waals surface area contributed by atoms with Crippen molar-refractivity contribution >= 4 is 11.6 Å². The molecule has 0 saturated heterocycles. The van der Waals surface area contributed by atoms with Crippen LogP contribution >= 0.6 is 0 Å². The number of nitrogens with two attached hydrogens (primary N) is 1. The predicted octanol–water partition coefficient (Wildman–Crippen LogP) is 3.03. The van der Waals surface area contributed by atoms with Gasteiger partial charge in [-0.3, -0.25) is 4.90 Å². The van der Waals surface area contributed by atoms with Crippen molar-refractivity contribution in [3.05, 3.63) is 59.4 Å². The maximum absolute atomic E-state index is 14.2. The highest BCUT2D eigenvalue weighted by Gasteiger charge is 2.21. The SMILES string of the molecule is CC(C)c1ncc2n1CCN(CCc1nc3cc(-c4cc(F)ccc4F)nc(N)n3n1)C2. The van der Waals surface area contributed by atoms with Crippen LogP contribution in [0.5, 0.6) is 0 Å². The van der Waals surface area contributed by atoms with Crippen molar-refractivity contribution < 1.29 is 8.78 Å². The molecule has 0 fully saturated rings. The molecule has 0 atom stereocenters. The van der Waals surface area contributed by atoms with Gasteiger partial charge in [-0.05, 0) is 18.2 Å². The molecule has 10 heteroatoms. The number of anilines is 1. The van der Waals surface area contributed by atoms with Crippen LogP contribution in [0.3, 0.4) is 0 Å². The zero-order chi connectivity index (χ0) is 22.4. The van der Waals surface area contributed by atoms with Crippen molar-refractivity contribution in [2.24, 2.45) is 0 Å². The van der Waals surface area contributed by atoms with Gasteiger partial charge in [0.15, 0.2) is 11.5 Å². The fourth-order valence-electron chi connectivity index (χ4n) is 4.16. The summed E-state index contributed by atoms with van der Waals surface area (Å²) in [5, 5.41) is 4.45. The van der Waals surface area contributed by atoms with E-state index >= 15 is 0 Å². The van der Waals surface area contributed by atoms with Crippen LogP contribution in [0.1, 0.15) is 37.1 Å². The summed E-state index contributed by atoms with van der Waals surface area (Å²) < 4.78 is 31.5. The molecular formula is C22H24F2N8. The van der Waals surface area contributed by atoms with E-state index in [4.69, 9.17) is 5.73 Å². The first-order valence-corrected chi connectivity index (χ1v) is 10.6. The first kappa shape index (κ1) is 20.5. The van der Waals surface area contributed by atoms with Gasteiger partial charge in [-0.15, -0.1) is 5.10 Å². The Morgan fingerprint density at radius 2 is 1.97 bits per heavy atom. The molecule has 5 rings (SSSR count). The van der Waals surface area contributed by atoms with Crippen LogP contribution in [0, 0.1) is 11.6 Å². The largest absolute Gasteiger partial charge is 0.368 e. The van der Waals surface area contributed by atoms with Crippen LogP contribution in [-0.2, 0) is 19.5 Å². The normalized spacial score (nSPS) is 14.4. The van der Waals surface area contributed by atoms with Gasteiger partial charge >= 0.3 is 0 Å². The van der Waals surface area contributed by atoms with Crippen molar-refractivity contribution in [2.45, 2.75) is 39.3 Å². The predicted molar refractivity (Wildman–Crippen MR) is 116 cm³/mol. The van der Waals surface area contributed by atoms with Gasteiger partial charge in [-0.25, -0.2) is 23.7 Å². The molecule has 1 aliphatic heterocycles. The Balaban J connectivity index is 1.33. The number of imidazole rings is 1. The lowest BCUT2D eigenvalue weighted by atomic mass is 10.1. The van der Waals surface area contributed by atoms with Crippen LogP contribution in [0.4, 0.5) is 14.7 Å². The Morgan fingerprint density at radius 1 is 1.12 bits per heavy atom. The number of hydrogen-bond donors (Lipinski definition) is 1. The number of aromatic nitrogens is 6.